The van der Waals surface area contributed by atoms with Crippen LogP contribution in [0, 0.1) is 5.82 Å². The van der Waals surface area contributed by atoms with Crippen LogP contribution in [0.1, 0.15) is 31.2 Å². The Morgan fingerprint density at radius 3 is 2.56 bits per heavy atom. The number of aliphatic hydroxyl groups excluding tert-OH is 1. The molecule has 1 atom stereocenters. The first-order valence-corrected chi connectivity index (χ1v) is 5.82. The van der Waals surface area contributed by atoms with Gasteiger partial charge in [0, 0.05) is 12.6 Å². The van der Waals surface area contributed by atoms with Gasteiger partial charge in [0.2, 0.25) is 0 Å². The van der Waals surface area contributed by atoms with Crippen molar-refractivity contribution >= 4 is 0 Å². The first-order valence-electron chi connectivity index (χ1n) is 5.82. The molecule has 1 aromatic carbocycles. The van der Waals surface area contributed by atoms with Crippen molar-refractivity contribution in [2.24, 2.45) is 0 Å². The van der Waals surface area contributed by atoms with Crippen LogP contribution in [-0.4, -0.2) is 23.8 Å². The number of halogens is 1. The van der Waals surface area contributed by atoms with Crippen LogP contribution < -0.4 is 5.32 Å². The molecule has 1 aliphatic rings. The molecular weight excluding hydrogens is 205 g/mol. The molecular formula is C13H18FNO. The molecule has 16 heavy (non-hydrogen) atoms. The van der Waals surface area contributed by atoms with Crippen LogP contribution in [0.15, 0.2) is 24.3 Å². The lowest BCUT2D eigenvalue weighted by Gasteiger charge is -2.36. The molecule has 0 spiro atoms. The van der Waals surface area contributed by atoms with E-state index in [1.165, 1.54) is 17.7 Å². The van der Waals surface area contributed by atoms with Crippen LogP contribution in [0.2, 0.25) is 0 Å². The van der Waals surface area contributed by atoms with Crippen molar-refractivity contribution < 1.29 is 9.50 Å². The molecule has 1 aromatic rings. The third-order valence-electron chi connectivity index (χ3n) is 3.18. The van der Waals surface area contributed by atoms with Gasteiger partial charge < -0.3 is 10.4 Å². The van der Waals surface area contributed by atoms with Crippen LogP contribution in [0.3, 0.4) is 0 Å². The third kappa shape index (κ3) is 2.80. The Morgan fingerprint density at radius 1 is 1.38 bits per heavy atom. The molecule has 1 fully saturated rings. The lowest BCUT2D eigenvalue weighted by molar-refractivity contribution is 0.171. The Balaban J connectivity index is 1.77. The van der Waals surface area contributed by atoms with E-state index in [0.717, 1.165) is 12.8 Å². The molecule has 0 aliphatic heterocycles. The maximum Gasteiger partial charge on any atom is 0.123 e. The number of benzene rings is 1. The summed E-state index contributed by atoms with van der Waals surface area (Å²) >= 11 is 0. The highest BCUT2D eigenvalue weighted by Gasteiger charge is 2.29. The van der Waals surface area contributed by atoms with Gasteiger partial charge in [-0.05, 0) is 43.4 Å². The smallest absolute Gasteiger partial charge is 0.123 e. The maximum absolute atomic E-state index is 12.7. The number of aliphatic hydroxyl groups is 1. The Kier molecular flexibility index (Phi) is 3.56. The summed E-state index contributed by atoms with van der Waals surface area (Å²) in [6.07, 6.45) is 1.88. The molecule has 0 radical (unpaired) electrons. The zero-order chi connectivity index (χ0) is 11.5. The van der Waals surface area contributed by atoms with Gasteiger partial charge in [0.25, 0.3) is 0 Å². The molecule has 1 aliphatic carbocycles. The Labute approximate surface area is 95.5 Å². The number of nitrogens with one attached hydrogen (secondary N) is 1. The van der Waals surface area contributed by atoms with Crippen LogP contribution in [-0.2, 0) is 0 Å². The zero-order valence-electron chi connectivity index (χ0n) is 9.49. The van der Waals surface area contributed by atoms with E-state index < -0.39 is 0 Å². The molecule has 0 unspecified atom stereocenters. The second kappa shape index (κ2) is 4.93. The molecule has 1 saturated carbocycles. The van der Waals surface area contributed by atoms with E-state index in [1.807, 2.05) is 12.1 Å². The van der Waals surface area contributed by atoms with Crippen molar-refractivity contribution in [2.75, 3.05) is 6.54 Å². The Morgan fingerprint density at radius 2 is 2.00 bits per heavy atom. The van der Waals surface area contributed by atoms with Crippen LogP contribution >= 0.6 is 0 Å². The molecule has 0 saturated heterocycles. The summed E-state index contributed by atoms with van der Waals surface area (Å²) in [6.45, 7) is 2.43. The summed E-state index contributed by atoms with van der Waals surface area (Å²) < 4.78 is 12.7. The minimum atomic E-state index is -0.287. The first-order chi connectivity index (χ1) is 7.65. The predicted molar refractivity (Wildman–Crippen MR) is 61.8 cm³/mol. The summed E-state index contributed by atoms with van der Waals surface area (Å²) in [5, 5.41) is 12.4. The lowest BCUT2D eigenvalue weighted by Crippen LogP contribution is -2.42. The van der Waals surface area contributed by atoms with Gasteiger partial charge in [-0.1, -0.05) is 12.1 Å². The standard InChI is InChI=1S/C13H18FNO/c1-9(16)8-15-13-6-11(7-13)10-2-4-12(14)5-3-10/h2-5,9,11,13,15-16H,6-8H2,1H3/t9-,11?,13?/m1/s1. The molecule has 88 valence electrons. The van der Waals surface area contributed by atoms with Crippen LogP contribution in [0.5, 0.6) is 0 Å². The quantitative estimate of drug-likeness (QED) is 0.818. The molecule has 0 bridgehead atoms. The highest BCUT2D eigenvalue weighted by Crippen LogP contribution is 2.36. The molecule has 0 amide bonds. The molecule has 3 heteroatoms. The predicted octanol–water partition coefficient (Wildman–Crippen LogP) is 2.04. The maximum atomic E-state index is 12.7. The number of hydrogen-bond acceptors (Lipinski definition) is 2. The second-order valence-corrected chi connectivity index (χ2v) is 4.67. The summed E-state index contributed by atoms with van der Waals surface area (Å²) in [5.41, 5.74) is 1.22. The fourth-order valence-electron chi connectivity index (χ4n) is 2.13. The van der Waals surface area contributed by atoms with E-state index >= 15 is 0 Å². The molecule has 2 nitrogen and oxygen atoms in total. The zero-order valence-corrected chi connectivity index (χ0v) is 9.49. The van der Waals surface area contributed by atoms with Crippen LogP contribution in [0.4, 0.5) is 4.39 Å². The van der Waals surface area contributed by atoms with Gasteiger partial charge in [-0.2, -0.15) is 0 Å². The van der Waals surface area contributed by atoms with Gasteiger partial charge in [0.15, 0.2) is 0 Å². The highest BCUT2D eigenvalue weighted by atomic mass is 19.1. The van der Waals surface area contributed by atoms with Crippen molar-refractivity contribution in [1.29, 1.82) is 0 Å². The largest absolute Gasteiger partial charge is 0.392 e. The fourth-order valence-corrected chi connectivity index (χ4v) is 2.13. The van der Waals surface area contributed by atoms with Gasteiger partial charge in [0.05, 0.1) is 6.10 Å². The van der Waals surface area contributed by atoms with Crippen molar-refractivity contribution in [3.63, 3.8) is 0 Å². The van der Waals surface area contributed by atoms with Crippen molar-refractivity contribution in [2.45, 2.75) is 37.8 Å². The average Bonchev–Trinajstić information content (AvgIpc) is 2.18. The number of hydrogen-bond donors (Lipinski definition) is 2. The highest BCUT2D eigenvalue weighted by molar-refractivity contribution is 5.23. The first kappa shape index (κ1) is 11.6. The average molecular weight is 223 g/mol. The molecule has 2 rings (SSSR count). The normalized spacial score (nSPS) is 26.2. The van der Waals surface area contributed by atoms with Crippen molar-refractivity contribution in [1.82, 2.24) is 5.32 Å². The Hall–Kier alpha value is -0.930. The van der Waals surface area contributed by atoms with Gasteiger partial charge in [-0.3, -0.25) is 0 Å². The van der Waals surface area contributed by atoms with Gasteiger partial charge in [-0.15, -0.1) is 0 Å². The molecule has 2 N–H and O–H groups in total. The molecule has 0 aromatic heterocycles. The monoisotopic (exact) mass is 223 g/mol. The lowest BCUT2D eigenvalue weighted by atomic mass is 9.76. The summed E-state index contributed by atoms with van der Waals surface area (Å²) in [7, 11) is 0. The summed E-state index contributed by atoms with van der Waals surface area (Å²) in [4.78, 5) is 0. The fraction of sp³-hybridized carbons (Fsp3) is 0.538. The Bertz CT molecular complexity index is 330. The van der Waals surface area contributed by atoms with Gasteiger partial charge in [0.1, 0.15) is 5.82 Å². The summed E-state index contributed by atoms with van der Waals surface area (Å²) in [5.74, 6) is 0.374. The van der Waals surface area contributed by atoms with E-state index in [9.17, 15) is 4.39 Å². The van der Waals surface area contributed by atoms with E-state index in [0.29, 0.717) is 18.5 Å². The van der Waals surface area contributed by atoms with E-state index in [2.05, 4.69) is 5.32 Å². The van der Waals surface area contributed by atoms with Crippen molar-refractivity contribution in [3.8, 4) is 0 Å². The number of rotatable bonds is 4. The minimum Gasteiger partial charge on any atom is -0.392 e. The summed E-state index contributed by atoms with van der Waals surface area (Å²) in [6, 6.07) is 7.28. The minimum absolute atomic E-state index is 0.174. The van der Waals surface area contributed by atoms with E-state index in [4.69, 9.17) is 5.11 Å². The van der Waals surface area contributed by atoms with E-state index in [1.54, 1.807) is 6.92 Å². The second-order valence-electron chi connectivity index (χ2n) is 4.67. The van der Waals surface area contributed by atoms with E-state index in [-0.39, 0.29) is 11.9 Å². The topological polar surface area (TPSA) is 32.3 Å². The van der Waals surface area contributed by atoms with Crippen molar-refractivity contribution in [3.05, 3.63) is 35.6 Å². The molecule has 0 heterocycles. The third-order valence-corrected chi connectivity index (χ3v) is 3.18. The van der Waals surface area contributed by atoms with Crippen LogP contribution in [0.25, 0.3) is 0 Å². The SMILES string of the molecule is C[C@@H](O)CNC1CC(c2ccc(F)cc2)C1. The van der Waals surface area contributed by atoms with Gasteiger partial charge in [-0.25, -0.2) is 4.39 Å². The van der Waals surface area contributed by atoms with Gasteiger partial charge >= 0.3 is 0 Å².